The number of aryl methyl sites for hydroxylation is 2. The van der Waals surface area contributed by atoms with Crippen LogP contribution in [0.25, 0.3) is 0 Å². The van der Waals surface area contributed by atoms with Crippen molar-refractivity contribution in [2.24, 2.45) is 11.7 Å². The highest BCUT2D eigenvalue weighted by molar-refractivity contribution is 8.01. The summed E-state index contributed by atoms with van der Waals surface area (Å²) in [5.74, 6) is 0.00715. The van der Waals surface area contributed by atoms with Crippen LogP contribution >= 0.6 is 23.1 Å². The molecule has 29 heavy (non-hydrogen) atoms. The third-order valence-electron chi connectivity index (χ3n) is 5.21. The average molecular weight is 434 g/mol. The molecule has 0 atom stereocenters. The van der Waals surface area contributed by atoms with E-state index in [1.54, 1.807) is 4.90 Å². The molecule has 7 nitrogen and oxygen atoms in total. The Labute approximate surface area is 179 Å². The minimum atomic E-state index is -0.267. The van der Waals surface area contributed by atoms with E-state index < -0.39 is 0 Å². The molecule has 1 aliphatic rings. The number of piperidine rings is 1. The maximum Gasteiger partial charge on any atom is 0.233 e. The van der Waals surface area contributed by atoms with Gasteiger partial charge < -0.3 is 16.0 Å². The predicted molar refractivity (Wildman–Crippen MR) is 118 cm³/mol. The number of nitrogens with zero attached hydrogens (tertiary/aromatic N) is 3. The number of benzene rings is 1. The summed E-state index contributed by atoms with van der Waals surface area (Å²) in [6.45, 7) is 5.45. The molecule has 1 aromatic carbocycles. The quantitative estimate of drug-likeness (QED) is 0.620. The fourth-order valence-electron chi connectivity index (χ4n) is 3.46. The lowest BCUT2D eigenvalue weighted by atomic mass is 9.96. The van der Waals surface area contributed by atoms with Crippen molar-refractivity contribution in [1.82, 2.24) is 15.1 Å². The summed E-state index contributed by atoms with van der Waals surface area (Å²) in [6.07, 6.45) is 3.18. The maximum absolute atomic E-state index is 12.4. The summed E-state index contributed by atoms with van der Waals surface area (Å²) in [6, 6.07) is 6.33. The van der Waals surface area contributed by atoms with Crippen LogP contribution in [0.4, 0.5) is 10.8 Å². The molecule has 0 unspecified atom stereocenters. The lowest BCUT2D eigenvalue weighted by molar-refractivity contribution is -0.132. The third-order valence-corrected chi connectivity index (χ3v) is 7.16. The van der Waals surface area contributed by atoms with Gasteiger partial charge in [0, 0.05) is 24.7 Å². The van der Waals surface area contributed by atoms with E-state index in [0.717, 1.165) is 28.0 Å². The van der Waals surface area contributed by atoms with Gasteiger partial charge in [0.25, 0.3) is 0 Å². The number of rotatable bonds is 8. The highest BCUT2D eigenvalue weighted by Crippen LogP contribution is 2.31. The second kappa shape index (κ2) is 10.1. The first-order chi connectivity index (χ1) is 14.0. The number of primary amides is 1. The number of hydrogen-bond acceptors (Lipinski definition) is 7. The first-order valence-corrected chi connectivity index (χ1v) is 11.7. The normalized spacial score (nSPS) is 14.8. The Kier molecular flexibility index (Phi) is 7.49. The van der Waals surface area contributed by atoms with Gasteiger partial charge in [-0.15, -0.1) is 10.2 Å². The van der Waals surface area contributed by atoms with Crippen molar-refractivity contribution in [2.75, 3.05) is 24.2 Å². The summed E-state index contributed by atoms with van der Waals surface area (Å²) in [5.41, 5.74) is 8.97. The second-order valence-corrected chi connectivity index (χ2v) is 9.20. The van der Waals surface area contributed by atoms with Gasteiger partial charge in [-0.1, -0.05) is 55.1 Å². The third kappa shape index (κ3) is 5.48. The molecule has 0 spiro atoms. The van der Waals surface area contributed by atoms with Crippen LogP contribution in [0.3, 0.4) is 0 Å². The summed E-state index contributed by atoms with van der Waals surface area (Å²) in [7, 11) is 0. The standard InChI is InChI=1S/C20H27N5O2S2/c1-3-13-6-5-7-14(4-2)17(13)22-19-23-24-20(29-19)28-12-16(26)25-10-8-15(9-11-25)18(21)27/h5-7,15H,3-4,8-12H2,1-2H3,(H2,21,27)(H,22,23). The SMILES string of the molecule is CCc1cccc(CC)c1Nc1nnc(SCC(=O)N2CCC(C(N)=O)CC2)s1. The maximum atomic E-state index is 12.4. The van der Waals surface area contributed by atoms with Crippen molar-refractivity contribution in [2.45, 2.75) is 43.9 Å². The van der Waals surface area contributed by atoms with Crippen LogP contribution in [0, 0.1) is 5.92 Å². The van der Waals surface area contributed by atoms with E-state index in [4.69, 9.17) is 5.73 Å². The molecule has 156 valence electrons. The van der Waals surface area contributed by atoms with E-state index in [1.807, 2.05) is 0 Å². The molecule has 2 amide bonds. The van der Waals surface area contributed by atoms with Crippen molar-refractivity contribution in [3.05, 3.63) is 29.3 Å². The molecule has 2 heterocycles. The number of aromatic nitrogens is 2. The molecular weight excluding hydrogens is 406 g/mol. The number of nitrogens with one attached hydrogen (secondary N) is 1. The Balaban J connectivity index is 1.55. The second-order valence-electron chi connectivity index (χ2n) is 7.00. The van der Waals surface area contributed by atoms with Gasteiger partial charge in [-0.3, -0.25) is 9.59 Å². The van der Waals surface area contributed by atoms with Gasteiger partial charge in [0.1, 0.15) is 0 Å². The number of thioether (sulfide) groups is 1. The van der Waals surface area contributed by atoms with Crippen molar-refractivity contribution in [3.63, 3.8) is 0 Å². The molecule has 0 aliphatic carbocycles. The van der Waals surface area contributed by atoms with Crippen molar-refractivity contribution in [1.29, 1.82) is 0 Å². The number of para-hydroxylation sites is 1. The minimum absolute atomic E-state index is 0.0622. The summed E-state index contributed by atoms with van der Waals surface area (Å²) < 4.78 is 0.764. The van der Waals surface area contributed by atoms with Crippen LogP contribution in [0.2, 0.25) is 0 Å². The van der Waals surface area contributed by atoms with Gasteiger partial charge in [0.2, 0.25) is 16.9 Å². The fraction of sp³-hybridized carbons (Fsp3) is 0.500. The molecule has 1 fully saturated rings. The number of likely N-dealkylation sites (tertiary alicyclic amines) is 1. The van der Waals surface area contributed by atoms with Gasteiger partial charge >= 0.3 is 0 Å². The number of amides is 2. The zero-order valence-electron chi connectivity index (χ0n) is 16.8. The van der Waals surface area contributed by atoms with Crippen LogP contribution in [0.1, 0.15) is 37.8 Å². The van der Waals surface area contributed by atoms with Gasteiger partial charge in [-0.25, -0.2) is 0 Å². The van der Waals surface area contributed by atoms with Crippen LogP contribution in [0.5, 0.6) is 0 Å². The van der Waals surface area contributed by atoms with Crippen LogP contribution in [-0.2, 0) is 22.4 Å². The first-order valence-electron chi connectivity index (χ1n) is 9.93. The minimum Gasteiger partial charge on any atom is -0.369 e. The van der Waals surface area contributed by atoms with Crippen LogP contribution in [-0.4, -0.2) is 45.8 Å². The lowest BCUT2D eigenvalue weighted by Gasteiger charge is -2.30. The van der Waals surface area contributed by atoms with Gasteiger partial charge in [-0.2, -0.15) is 0 Å². The number of anilines is 2. The Hall–Kier alpha value is -2.13. The van der Waals surface area contributed by atoms with E-state index in [-0.39, 0.29) is 17.7 Å². The highest BCUT2D eigenvalue weighted by Gasteiger charge is 2.26. The van der Waals surface area contributed by atoms with Crippen molar-refractivity contribution >= 4 is 45.7 Å². The number of carbonyl (C=O) groups excluding carboxylic acids is 2. The predicted octanol–water partition coefficient (Wildman–Crippen LogP) is 3.22. The Bertz CT molecular complexity index is 840. The molecule has 1 aromatic heterocycles. The van der Waals surface area contributed by atoms with Crippen molar-refractivity contribution in [3.8, 4) is 0 Å². The lowest BCUT2D eigenvalue weighted by Crippen LogP contribution is -2.42. The summed E-state index contributed by atoms with van der Waals surface area (Å²) in [5, 5.41) is 12.6. The molecule has 2 aromatic rings. The molecule has 3 N–H and O–H groups in total. The Morgan fingerprint density at radius 2 is 1.86 bits per heavy atom. The zero-order valence-corrected chi connectivity index (χ0v) is 18.4. The summed E-state index contributed by atoms with van der Waals surface area (Å²) in [4.78, 5) is 25.5. The van der Waals surface area contributed by atoms with E-state index in [9.17, 15) is 9.59 Å². The zero-order chi connectivity index (χ0) is 20.8. The average Bonchev–Trinajstić information content (AvgIpc) is 3.19. The molecule has 1 saturated heterocycles. The van der Waals surface area contributed by atoms with E-state index >= 15 is 0 Å². The summed E-state index contributed by atoms with van der Waals surface area (Å²) >= 11 is 2.86. The monoisotopic (exact) mass is 433 g/mol. The molecule has 9 heteroatoms. The molecule has 1 aliphatic heterocycles. The molecule has 0 saturated carbocycles. The van der Waals surface area contributed by atoms with Crippen LogP contribution < -0.4 is 11.1 Å². The number of nitrogens with two attached hydrogens (primary N) is 1. The molecule has 3 rings (SSSR count). The van der Waals surface area contributed by atoms with Crippen molar-refractivity contribution < 1.29 is 9.59 Å². The van der Waals surface area contributed by atoms with E-state index in [2.05, 4.69) is 47.6 Å². The largest absolute Gasteiger partial charge is 0.369 e. The number of carbonyl (C=O) groups is 2. The molecule has 0 radical (unpaired) electrons. The highest BCUT2D eigenvalue weighted by atomic mass is 32.2. The van der Waals surface area contributed by atoms with Crippen LogP contribution in [0.15, 0.2) is 22.5 Å². The number of hydrogen-bond donors (Lipinski definition) is 2. The Morgan fingerprint density at radius 3 is 2.45 bits per heavy atom. The fourth-order valence-corrected chi connectivity index (χ4v) is 5.12. The van der Waals surface area contributed by atoms with Gasteiger partial charge in [0.05, 0.1) is 5.75 Å². The smallest absolute Gasteiger partial charge is 0.233 e. The van der Waals surface area contributed by atoms with E-state index in [0.29, 0.717) is 31.7 Å². The van der Waals surface area contributed by atoms with Gasteiger partial charge in [-0.05, 0) is 36.8 Å². The molecular formula is C20H27N5O2S2. The first kappa shape index (κ1) is 21.6. The van der Waals surface area contributed by atoms with E-state index in [1.165, 1.54) is 34.2 Å². The topological polar surface area (TPSA) is 101 Å². The van der Waals surface area contributed by atoms with Gasteiger partial charge in [0.15, 0.2) is 4.34 Å². The Morgan fingerprint density at radius 1 is 1.21 bits per heavy atom. The molecule has 0 bridgehead atoms.